The summed E-state index contributed by atoms with van der Waals surface area (Å²) in [4.78, 5) is 25.4. The summed E-state index contributed by atoms with van der Waals surface area (Å²) in [6.45, 7) is 10.8. The number of hydrogen-bond donors (Lipinski definition) is 3. The fraction of sp³-hybridized carbons (Fsp3) is 0.500. The van der Waals surface area contributed by atoms with Gasteiger partial charge in [-0.3, -0.25) is 0 Å². The highest BCUT2D eigenvalue weighted by Crippen LogP contribution is 2.33. The number of nitrogens with one attached hydrogen (secondary N) is 3. The van der Waals surface area contributed by atoms with Gasteiger partial charge in [-0.15, -0.1) is 0 Å². The highest BCUT2D eigenvalue weighted by Gasteiger charge is 2.19. The van der Waals surface area contributed by atoms with Gasteiger partial charge in [-0.25, -0.2) is 14.8 Å². The first-order valence-corrected chi connectivity index (χ1v) is 16.9. The molecule has 0 aliphatic rings. The zero-order valence-electron chi connectivity index (χ0n) is 27.9. The van der Waals surface area contributed by atoms with E-state index in [1.54, 1.807) is 0 Å². The predicted molar refractivity (Wildman–Crippen MR) is 187 cm³/mol. The van der Waals surface area contributed by atoms with Crippen molar-refractivity contribution in [2.45, 2.75) is 117 Å². The maximum absolute atomic E-state index is 11.7. The lowest BCUT2D eigenvalue weighted by Gasteiger charge is -2.19. The van der Waals surface area contributed by atoms with Crippen molar-refractivity contribution in [3.05, 3.63) is 59.9 Å². The summed E-state index contributed by atoms with van der Waals surface area (Å²) < 4.78 is 5.26. The number of aromatic nitrogens is 3. The summed E-state index contributed by atoms with van der Waals surface area (Å²) in [6.07, 6.45) is 11.8. The van der Waals surface area contributed by atoms with Crippen LogP contribution in [0, 0.1) is 11.8 Å². The lowest BCUT2D eigenvalue weighted by atomic mass is 9.98. The SMILES string of the molecule is CCCC(CCC)c1nc2c([nH]1)c(Nc1ccc(C#CCCCCCCCCNC(=O)OC(C)(C)C)cc1)nc1ccccc12. The molecule has 0 fully saturated rings. The Bertz CT molecular complexity index is 1570. The molecule has 2 aromatic carbocycles. The molecule has 7 nitrogen and oxygen atoms in total. The van der Waals surface area contributed by atoms with Crippen molar-refractivity contribution >= 4 is 39.5 Å². The summed E-state index contributed by atoms with van der Waals surface area (Å²) in [5, 5.41) is 7.45. The van der Waals surface area contributed by atoms with Gasteiger partial charge in [-0.1, -0.05) is 82.4 Å². The smallest absolute Gasteiger partial charge is 0.407 e. The van der Waals surface area contributed by atoms with E-state index >= 15 is 0 Å². The van der Waals surface area contributed by atoms with Gasteiger partial charge in [0.1, 0.15) is 22.5 Å². The fourth-order valence-corrected chi connectivity index (χ4v) is 5.59. The molecule has 45 heavy (non-hydrogen) atoms. The number of aromatic amines is 1. The minimum atomic E-state index is -0.450. The first-order valence-electron chi connectivity index (χ1n) is 16.9. The van der Waals surface area contributed by atoms with E-state index in [-0.39, 0.29) is 6.09 Å². The van der Waals surface area contributed by atoms with Crippen molar-refractivity contribution in [1.29, 1.82) is 0 Å². The molecule has 240 valence electrons. The number of nitrogens with zero attached hydrogens (tertiary/aromatic N) is 2. The maximum Gasteiger partial charge on any atom is 0.407 e. The van der Waals surface area contributed by atoms with Crippen molar-refractivity contribution in [2.24, 2.45) is 0 Å². The number of H-pyrrole nitrogens is 1. The number of ether oxygens (including phenoxy) is 1. The van der Waals surface area contributed by atoms with E-state index < -0.39 is 5.60 Å². The van der Waals surface area contributed by atoms with Crippen molar-refractivity contribution in [3.63, 3.8) is 0 Å². The third-order valence-electron chi connectivity index (χ3n) is 7.79. The molecular formula is C38H51N5O2. The highest BCUT2D eigenvalue weighted by molar-refractivity contribution is 6.07. The average Bonchev–Trinajstić information content (AvgIpc) is 3.46. The quantitative estimate of drug-likeness (QED) is 0.0921. The Balaban J connectivity index is 1.26. The molecule has 0 saturated heterocycles. The molecule has 0 spiro atoms. The van der Waals surface area contributed by atoms with Crippen LogP contribution in [0.4, 0.5) is 16.3 Å². The second-order valence-corrected chi connectivity index (χ2v) is 12.9. The van der Waals surface area contributed by atoms with Gasteiger partial charge in [-0.2, -0.15) is 0 Å². The number of hydrogen-bond acceptors (Lipinski definition) is 5. The molecule has 1 amide bonds. The lowest BCUT2D eigenvalue weighted by molar-refractivity contribution is 0.0527. The number of amides is 1. The third-order valence-corrected chi connectivity index (χ3v) is 7.79. The van der Waals surface area contributed by atoms with Crippen LogP contribution in [0.25, 0.3) is 21.9 Å². The van der Waals surface area contributed by atoms with Crippen LogP contribution in [-0.2, 0) is 4.74 Å². The van der Waals surface area contributed by atoms with E-state index in [1.165, 1.54) is 19.3 Å². The Morgan fingerprint density at radius 2 is 1.60 bits per heavy atom. The van der Waals surface area contributed by atoms with Gasteiger partial charge in [-0.05, 0) is 76.8 Å². The molecule has 4 aromatic rings. The Hall–Kier alpha value is -4.05. The van der Waals surface area contributed by atoms with Gasteiger partial charge in [0.2, 0.25) is 0 Å². The summed E-state index contributed by atoms with van der Waals surface area (Å²) in [5.41, 5.74) is 4.41. The molecule has 2 heterocycles. The molecule has 0 atom stereocenters. The number of pyridine rings is 1. The Labute approximate surface area is 269 Å². The minimum Gasteiger partial charge on any atom is -0.444 e. The first-order chi connectivity index (χ1) is 21.8. The van der Waals surface area contributed by atoms with E-state index in [2.05, 4.69) is 83.8 Å². The largest absolute Gasteiger partial charge is 0.444 e. The predicted octanol–water partition coefficient (Wildman–Crippen LogP) is 10.1. The summed E-state index contributed by atoms with van der Waals surface area (Å²) >= 11 is 0. The summed E-state index contributed by atoms with van der Waals surface area (Å²) in [6, 6.07) is 16.5. The molecule has 4 rings (SSSR count). The number of imidazole rings is 1. The number of unbranched alkanes of at least 4 members (excludes halogenated alkanes) is 6. The molecule has 0 bridgehead atoms. The molecule has 7 heteroatoms. The molecule has 0 aliphatic carbocycles. The van der Waals surface area contributed by atoms with Crippen LogP contribution in [0.2, 0.25) is 0 Å². The average molecular weight is 610 g/mol. The molecule has 0 unspecified atom stereocenters. The normalized spacial score (nSPS) is 11.5. The molecule has 0 saturated carbocycles. The topological polar surface area (TPSA) is 91.9 Å². The standard InChI is InChI=1S/C38H51N5O2/c1-6-18-29(19-7-2)35-42-33-31-21-15-16-22-32(31)41-36(34(33)43-35)40-30-25-23-28(24-26-30)20-14-12-10-8-9-11-13-17-27-39-37(44)45-38(3,4)5/h15-16,21-26,29H,6-13,17-19,27H2,1-5H3,(H,39,44)(H,40,41)(H,42,43). The first kappa shape index (κ1) is 33.8. The van der Waals surface area contributed by atoms with Gasteiger partial charge in [0.25, 0.3) is 0 Å². The molecule has 2 aromatic heterocycles. The molecule has 0 aliphatic heterocycles. The number of carbonyl (C=O) groups excluding carboxylic acids is 1. The number of rotatable bonds is 15. The van der Waals surface area contributed by atoms with Gasteiger partial charge in [0.05, 0.1) is 5.52 Å². The Kier molecular flexibility index (Phi) is 12.7. The van der Waals surface area contributed by atoms with E-state index in [1.807, 2.05) is 26.8 Å². The van der Waals surface area contributed by atoms with E-state index in [0.717, 1.165) is 96.2 Å². The molecular weight excluding hydrogens is 558 g/mol. The summed E-state index contributed by atoms with van der Waals surface area (Å²) in [7, 11) is 0. The van der Waals surface area contributed by atoms with Crippen LogP contribution in [0.5, 0.6) is 0 Å². The van der Waals surface area contributed by atoms with Crippen molar-refractivity contribution < 1.29 is 9.53 Å². The Morgan fingerprint density at radius 1 is 0.911 bits per heavy atom. The number of benzene rings is 2. The minimum absolute atomic E-state index is 0.332. The third kappa shape index (κ3) is 10.5. The van der Waals surface area contributed by atoms with E-state index in [9.17, 15) is 4.79 Å². The molecule has 0 radical (unpaired) electrons. The highest BCUT2D eigenvalue weighted by atomic mass is 16.6. The van der Waals surface area contributed by atoms with Crippen molar-refractivity contribution in [3.8, 4) is 11.8 Å². The number of alkyl carbamates (subject to hydrolysis) is 1. The second kappa shape index (κ2) is 16.9. The van der Waals surface area contributed by atoms with Crippen molar-refractivity contribution in [1.82, 2.24) is 20.3 Å². The van der Waals surface area contributed by atoms with Crippen LogP contribution >= 0.6 is 0 Å². The van der Waals surface area contributed by atoms with Crippen LogP contribution < -0.4 is 10.6 Å². The molecule has 3 N–H and O–H groups in total. The Morgan fingerprint density at radius 3 is 2.31 bits per heavy atom. The van der Waals surface area contributed by atoms with E-state index in [0.29, 0.717) is 12.5 Å². The summed E-state index contributed by atoms with van der Waals surface area (Å²) in [5.74, 6) is 8.94. The van der Waals surface area contributed by atoms with Crippen LogP contribution in [0.3, 0.4) is 0 Å². The number of fused-ring (bicyclic) bond motifs is 3. The maximum atomic E-state index is 11.7. The second-order valence-electron chi connectivity index (χ2n) is 12.9. The number of para-hydroxylation sites is 1. The van der Waals surface area contributed by atoms with Crippen molar-refractivity contribution in [2.75, 3.05) is 11.9 Å². The zero-order chi connectivity index (χ0) is 32.1. The van der Waals surface area contributed by atoms with Gasteiger partial charge < -0.3 is 20.4 Å². The van der Waals surface area contributed by atoms with Gasteiger partial charge >= 0.3 is 6.09 Å². The van der Waals surface area contributed by atoms with Gasteiger partial charge in [0.15, 0.2) is 5.82 Å². The van der Waals surface area contributed by atoms with Crippen LogP contribution in [0.15, 0.2) is 48.5 Å². The van der Waals surface area contributed by atoms with Gasteiger partial charge in [0, 0.05) is 35.5 Å². The van der Waals surface area contributed by atoms with E-state index in [4.69, 9.17) is 14.7 Å². The van der Waals surface area contributed by atoms with Crippen LogP contribution in [0.1, 0.15) is 123 Å². The fourth-order valence-electron chi connectivity index (χ4n) is 5.59. The van der Waals surface area contributed by atoms with Crippen LogP contribution in [-0.4, -0.2) is 33.2 Å². The number of carbonyl (C=O) groups is 1. The lowest BCUT2D eigenvalue weighted by Crippen LogP contribution is -2.32. The zero-order valence-corrected chi connectivity index (χ0v) is 27.9. The monoisotopic (exact) mass is 609 g/mol. The number of anilines is 2.